The van der Waals surface area contributed by atoms with Gasteiger partial charge in [-0.2, -0.15) is 0 Å². The zero-order valence-corrected chi connectivity index (χ0v) is 11.7. The molecule has 0 amide bonds. The summed E-state index contributed by atoms with van der Waals surface area (Å²) < 4.78 is 12.9. The smallest absolute Gasteiger partial charge is 0.123 e. The van der Waals surface area contributed by atoms with Crippen molar-refractivity contribution in [2.24, 2.45) is 0 Å². The van der Waals surface area contributed by atoms with Crippen LogP contribution in [0.25, 0.3) is 0 Å². The Hall–Kier alpha value is -1.09. The van der Waals surface area contributed by atoms with Crippen molar-refractivity contribution in [3.8, 4) is 0 Å². The first-order chi connectivity index (χ1) is 8.67. The van der Waals surface area contributed by atoms with Gasteiger partial charge in [-0.3, -0.25) is 0 Å². The Morgan fingerprint density at radius 1 is 1.22 bits per heavy atom. The highest BCUT2D eigenvalue weighted by molar-refractivity contribution is 5.45. The first-order valence-corrected chi connectivity index (χ1v) is 6.85. The topological polar surface area (TPSA) is 15.3 Å². The highest BCUT2D eigenvalue weighted by Gasteiger charge is 2.04. The van der Waals surface area contributed by atoms with Gasteiger partial charge in [0.05, 0.1) is 0 Å². The van der Waals surface area contributed by atoms with Crippen molar-refractivity contribution in [2.75, 3.05) is 25.0 Å². The van der Waals surface area contributed by atoms with E-state index in [9.17, 15) is 4.39 Å². The minimum Gasteiger partial charge on any atom is -0.372 e. The van der Waals surface area contributed by atoms with Crippen LogP contribution in [-0.2, 0) is 0 Å². The van der Waals surface area contributed by atoms with E-state index in [4.69, 9.17) is 0 Å². The Bertz CT molecular complexity index is 324. The van der Waals surface area contributed by atoms with Gasteiger partial charge in [-0.15, -0.1) is 0 Å². The Labute approximate surface area is 110 Å². The van der Waals surface area contributed by atoms with Gasteiger partial charge in [-0.05, 0) is 58.0 Å². The SMILES string of the molecule is CCN(CCCCC(C)NC)c1ccc(F)cc1. The van der Waals surface area contributed by atoms with E-state index in [-0.39, 0.29) is 5.82 Å². The fourth-order valence-corrected chi connectivity index (χ4v) is 2.02. The molecule has 1 unspecified atom stereocenters. The van der Waals surface area contributed by atoms with Crippen molar-refractivity contribution in [1.82, 2.24) is 5.32 Å². The second-order valence-corrected chi connectivity index (χ2v) is 4.74. The molecule has 0 saturated heterocycles. The van der Waals surface area contributed by atoms with E-state index in [0.29, 0.717) is 6.04 Å². The highest BCUT2D eigenvalue weighted by atomic mass is 19.1. The number of nitrogens with one attached hydrogen (secondary N) is 1. The maximum atomic E-state index is 12.9. The Morgan fingerprint density at radius 2 is 1.89 bits per heavy atom. The number of rotatable bonds is 8. The molecular formula is C15H25FN2. The van der Waals surface area contributed by atoms with E-state index in [1.165, 1.54) is 31.4 Å². The molecule has 0 aromatic heterocycles. The van der Waals surface area contributed by atoms with Crippen molar-refractivity contribution in [2.45, 2.75) is 39.2 Å². The molecule has 1 aromatic rings. The van der Waals surface area contributed by atoms with Crippen LogP contribution < -0.4 is 10.2 Å². The summed E-state index contributed by atoms with van der Waals surface area (Å²) >= 11 is 0. The second kappa shape index (κ2) is 8.09. The number of anilines is 1. The van der Waals surface area contributed by atoms with Gasteiger partial charge in [-0.25, -0.2) is 4.39 Å². The lowest BCUT2D eigenvalue weighted by Crippen LogP contribution is -2.25. The molecule has 2 nitrogen and oxygen atoms in total. The van der Waals surface area contributed by atoms with E-state index < -0.39 is 0 Å². The van der Waals surface area contributed by atoms with Crippen LogP contribution in [0.1, 0.15) is 33.1 Å². The number of hydrogen-bond donors (Lipinski definition) is 1. The molecule has 0 aliphatic heterocycles. The zero-order valence-electron chi connectivity index (χ0n) is 11.7. The third-order valence-corrected chi connectivity index (χ3v) is 3.38. The predicted molar refractivity (Wildman–Crippen MR) is 76.7 cm³/mol. The molecule has 1 aromatic carbocycles. The summed E-state index contributed by atoms with van der Waals surface area (Å²) in [4.78, 5) is 2.30. The normalized spacial score (nSPS) is 12.4. The van der Waals surface area contributed by atoms with E-state index in [0.717, 1.165) is 18.8 Å². The molecule has 0 saturated carbocycles. The van der Waals surface area contributed by atoms with Gasteiger partial charge >= 0.3 is 0 Å². The van der Waals surface area contributed by atoms with Crippen molar-refractivity contribution in [3.63, 3.8) is 0 Å². The molecule has 0 fully saturated rings. The van der Waals surface area contributed by atoms with Gasteiger partial charge in [0.25, 0.3) is 0 Å². The van der Waals surface area contributed by atoms with E-state index in [1.54, 1.807) is 0 Å². The molecule has 1 rings (SSSR count). The van der Waals surface area contributed by atoms with Crippen molar-refractivity contribution in [3.05, 3.63) is 30.1 Å². The first kappa shape index (κ1) is 15.0. The van der Waals surface area contributed by atoms with Crippen LogP contribution in [0.4, 0.5) is 10.1 Å². The third kappa shape index (κ3) is 5.05. The van der Waals surface area contributed by atoms with Gasteiger partial charge in [0, 0.05) is 24.8 Å². The molecule has 1 atom stereocenters. The number of nitrogens with zero attached hydrogens (tertiary/aromatic N) is 1. The standard InChI is InChI=1S/C15H25FN2/c1-4-18(12-6-5-7-13(2)17-3)15-10-8-14(16)9-11-15/h8-11,13,17H,4-7,12H2,1-3H3. The number of unbranched alkanes of at least 4 members (excludes halogenated alkanes) is 1. The summed E-state index contributed by atoms with van der Waals surface area (Å²) in [5, 5.41) is 3.25. The summed E-state index contributed by atoms with van der Waals surface area (Å²) in [5.74, 6) is -0.169. The molecule has 3 heteroatoms. The summed E-state index contributed by atoms with van der Waals surface area (Å²) in [6, 6.07) is 7.36. The quantitative estimate of drug-likeness (QED) is 0.713. The zero-order chi connectivity index (χ0) is 13.4. The molecule has 0 bridgehead atoms. The van der Waals surface area contributed by atoms with E-state index >= 15 is 0 Å². The van der Waals surface area contributed by atoms with Crippen LogP contribution >= 0.6 is 0 Å². The molecule has 0 aliphatic carbocycles. The van der Waals surface area contributed by atoms with Crippen LogP contribution in [0.3, 0.4) is 0 Å². The van der Waals surface area contributed by atoms with Gasteiger partial charge < -0.3 is 10.2 Å². The molecule has 18 heavy (non-hydrogen) atoms. The minimum absolute atomic E-state index is 0.169. The average molecular weight is 252 g/mol. The Kier molecular flexibility index (Phi) is 6.73. The Balaban J connectivity index is 2.36. The van der Waals surface area contributed by atoms with Crippen LogP contribution in [0.15, 0.2) is 24.3 Å². The fourth-order valence-electron chi connectivity index (χ4n) is 2.02. The third-order valence-electron chi connectivity index (χ3n) is 3.38. The molecule has 0 heterocycles. The highest BCUT2D eigenvalue weighted by Crippen LogP contribution is 2.15. The number of benzene rings is 1. The maximum absolute atomic E-state index is 12.9. The fraction of sp³-hybridized carbons (Fsp3) is 0.600. The molecule has 1 N–H and O–H groups in total. The van der Waals surface area contributed by atoms with Gasteiger partial charge in [0.1, 0.15) is 5.82 Å². The van der Waals surface area contributed by atoms with Gasteiger partial charge in [0.2, 0.25) is 0 Å². The first-order valence-electron chi connectivity index (χ1n) is 6.85. The summed E-state index contributed by atoms with van der Waals surface area (Å²) in [5.41, 5.74) is 1.11. The van der Waals surface area contributed by atoms with E-state index in [2.05, 4.69) is 24.1 Å². The van der Waals surface area contributed by atoms with Gasteiger partial charge in [-0.1, -0.05) is 6.42 Å². The minimum atomic E-state index is -0.169. The lowest BCUT2D eigenvalue weighted by atomic mass is 10.1. The predicted octanol–water partition coefficient (Wildman–Crippen LogP) is 3.43. The van der Waals surface area contributed by atoms with Crippen molar-refractivity contribution in [1.29, 1.82) is 0 Å². The molecular weight excluding hydrogens is 227 g/mol. The van der Waals surface area contributed by atoms with Crippen molar-refractivity contribution >= 4 is 5.69 Å². The monoisotopic (exact) mass is 252 g/mol. The van der Waals surface area contributed by atoms with Gasteiger partial charge in [0.15, 0.2) is 0 Å². The summed E-state index contributed by atoms with van der Waals surface area (Å²) in [6.45, 7) is 6.35. The van der Waals surface area contributed by atoms with Crippen LogP contribution in [0.2, 0.25) is 0 Å². The van der Waals surface area contributed by atoms with Crippen molar-refractivity contribution < 1.29 is 4.39 Å². The summed E-state index contributed by atoms with van der Waals surface area (Å²) in [6.07, 6.45) is 3.61. The second-order valence-electron chi connectivity index (χ2n) is 4.74. The van der Waals surface area contributed by atoms with Crippen LogP contribution in [-0.4, -0.2) is 26.2 Å². The lowest BCUT2D eigenvalue weighted by molar-refractivity contribution is 0.526. The molecule has 0 spiro atoms. The summed E-state index contributed by atoms with van der Waals surface area (Å²) in [7, 11) is 2.00. The Morgan fingerprint density at radius 3 is 2.44 bits per heavy atom. The lowest BCUT2D eigenvalue weighted by Gasteiger charge is -2.23. The molecule has 102 valence electrons. The van der Waals surface area contributed by atoms with E-state index in [1.807, 2.05) is 19.2 Å². The number of hydrogen-bond acceptors (Lipinski definition) is 2. The number of halogens is 1. The molecule has 0 radical (unpaired) electrons. The largest absolute Gasteiger partial charge is 0.372 e. The van der Waals surface area contributed by atoms with Crippen LogP contribution in [0.5, 0.6) is 0 Å². The van der Waals surface area contributed by atoms with Crippen LogP contribution in [0, 0.1) is 5.82 Å². The maximum Gasteiger partial charge on any atom is 0.123 e. The molecule has 0 aliphatic rings. The average Bonchev–Trinajstić information content (AvgIpc) is 2.40.